The Morgan fingerprint density at radius 3 is 2.64 bits per heavy atom. The molecule has 1 aliphatic carbocycles. The van der Waals surface area contributed by atoms with Gasteiger partial charge in [0.1, 0.15) is 23.4 Å². The van der Waals surface area contributed by atoms with E-state index in [0.717, 1.165) is 44.8 Å². The summed E-state index contributed by atoms with van der Waals surface area (Å²) in [6.45, 7) is 2.05. The van der Waals surface area contributed by atoms with Crippen molar-refractivity contribution in [1.82, 2.24) is 24.6 Å². The van der Waals surface area contributed by atoms with E-state index in [2.05, 4.69) is 16.1 Å². The van der Waals surface area contributed by atoms with Gasteiger partial charge in [-0.25, -0.2) is 14.5 Å². The summed E-state index contributed by atoms with van der Waals surface area (Å²) < 4.78 is 1.78. The molecule has 6 rings (SSSR count). The molecule has 1 saturated carbocycles. The smallest absolute Gasteiger partial charge is 0.153 e. The number of benzene rings is 2. The third-order valence-corrected chi connectivity index (χ3v) is 6.32. The van der Waals surface area contributed by atoms with E-state index >= 15 is 0 Å². The van der Waals surface area contributed by atoms with Crippen molar-refractivity contribution in [2.45, 2.75) is 31.8 Å². The Morgan fingerprint density at radius 1 is 1.09 bits per heavy atom. The minimum absolute atomic E-state index is 0. The van der Waals surface area contributed by atoms with Crippen LogP contribution in [0.1, 0.15) is 30.1 Å². The van der Waals surface area contributed by atoms with Gasteiger partial charge in [-0.15, -0.1) is 23.6 Å². The predicted molar refractivity (Wildman–Crippen MR) is 123 cm³/mol. The van der Waals surface area contributed by atoms with Crippen molar-refractivity contribution in [3.05, 3.63) is 72.3 Å². The largest absolute Gasteiger partial charge is 0.393 e. The molecule has 1 aliphatic rings. The third-order valence-electron chi connectivity index (χ3n) is 6.32. The van der Waals surface area contributed by atoms with Crippen LogP contribution in [0.3, 0.4) is 0 Å². The number of hydrogen-bond donors (Lipinski definition) is 2. The molecule has 0 spiro atoms. The minimum atomic E-state index is -0.284. The minimum Gasteiger partial charge on any atom is -0.393 e. The zero-order chi connectivity index (χ0) is 21.8. The number of aliphatic hydroxyl groups excluding tert-OH is 1. The molecule has 3 aromatic heterocycles. The molecule has 0 atom stereocenters. The van der Waals surface area contributed by atoms with Crippen molar-refractivity contribution in [3.63, 3.8) is 0 Å². The van der Waals surface area contributed by atoms with E-state index in [0.29, 0.717) is 24.2 Å². The van der Waals surface area contributed by atoms with E-state index in [1.807, 2.05) is 55.5 Å². The van der Waals surface area contributed by atoms with Gasteiger partial charge in [0.15, 0.2) is 5.82 Å². The van der Waals surface area contributed by atoms with Crippen molar-refractivity contribution in [2.75, 3.05) is 5.73 Å². The van der Waals surface area contributed by atoms with Crippen LogP contribution in [0, 0.1) is 13.0 Å². The SMILES string of the molecule is Cc1c(-c2nc(C3CC(O)C3)n3ncnc(N)c23)ccc2[c-]cc(-c3ccccc3)nc12.[Y]. The average Bonchev–Trinajstić information content (AvgIpc) is 3.18. The van der Waals surface area contributed by atoms with E-state index in [1.54, 1.807) is 4.52 Å². The number of imidazole rings is 1. The van der Waals surface area contributed by atoms with Crippen LogP contribution in [-0.4, -0.2) is 35.8 Å². The number of nitrogens with zero attached hydrogens (tertiary/aromatic N) is 5. The Kier molecular flexibility index (Phi) is 5.73. The summed E-state index contributed by atoms with van der Waals surface area (Å²) in [6.07, 6.45) is 2.52. The number of nitrogens with two attached hydrogens (primary N) is 1. The third kappa shape index (κ3) is 3.64. The Bertz CT molecular complexity index is 1480. The van der Waals surface area contributed by atoms with Crippen molar-refractivity contribution in [1.29, 1.82) is 0 Å². The molecular formula is C25H21N6OY-. The molecule has 3 heterocycles. The zero-order valence-corrected chi connectivity index (χ0v) is 20.9. The molecule has 0 aliphatic heterocycles. The van der Waals surface area contributed by atoms with Crippen LogP contribution in [0.4, 0.5) is 5.82 Å². The Balaban J connectivity index is 0.00000228. The van der Waals surface area contributed by atoms with Crippen LogP contribution in [-0.2, 0) is 32.7 Å². The summed E-state index contributed by atoms with van der Waals surface area (Å²) in [7, 11) is 0. The fraction of sp³-hybridized carbons (Fsp3) is 0.200. The molecule has 2 aromatic carbocycles. The van der Waals surface area contributed by atoms with Gasteiger partial charge in [-0.05, 0) is 42.1 Å². The number of anilines is 1. The molecule has 161 valence electrons. The molecule has 3 N–H and O–H groups in total. The van der Waals surface area contributed by atoms with Crippen LogP contribution in [0.25, 0.3) is 38.9 Å². The molecule has 7 nitrogen and oxygen atoms in total. The molecule has 5 aromatic rings. The Hall–Kier alpha value is -2.74. The van der Waals surface area contributed by atoms with Gasteiger partial charge >= 0.3 is 0 Å². The van der Waals surface area contributed by atoms with E-state index in [4.69, 9.17) is 15.7 Å². The van der Waals surface area contributed by atoms with Gasteiger partial charge in [0.2, 0.25) is 0 Å². The number of rotatable bonds is 3. The monoisotopic (exact) mass is 510 g/mol. The van der Waals surface area contributed by atoms with E-state index < -0.39 is 0 Å². The van der Waals surface area contributed by atoms with Crippen molar-refractivity contribution >= 4 is 22.2 Å². The number of hydrogen-bond acceptors (Lipinski definition) is 6. The molecule has 0 saturated heterocycles. The van der Waals surface area contributed by atoms with Gasteiger partial charge in [-0.1, -0.05) is 42.0 Å². The molecular weight excluding hydrogens is 489 g/mol. The van der Waals surface area contributed by atoms with E-state index in [-0.39, 0.29) is 44.7 Å². The van der Waals surface area contributed by atoms with Crippen LogP contribution >= 0.6 is 0 Å². The summed E-state index contributed by atoms with van der Waals surface area (Å²) in [5, 5.41) is 15.2. The van der Waals surface area contributed by atoms with Crippen molar-refractivity contribution < 1.29 is 37.8 Å². The average molecular weight is 510 g/mol. The molecule has 1 fully saturated rings. The summed E-state index contributed by atoms with van der Waals surface area (Å²) in [4.78, 5) is 14.1. The molecule has 0 amide bonds. The summed E-state index contributed by atoms with van der Waals surface area (Å²) in [6, 6.07) is 19.4. The maximum atomic E-state index is 9.81. The second kappa shape index (κ2) is 8.56. The van der Waals surface area contributed by atoms with Crippen LogP contribution < -0.4 is 5.73 Å². The molecule has 8 heteroatoms. The van der Waals surface area contributed by atoms with E-state index in [1.165, 1.54) is 6.33 Å². The first-order valence-electron chi connectivity index (χ1n) is 10.6. The summed E-state index contributed by atoms with van der Waals surface area (Å²) >= 11 is 0. The fourth-order valence-corrected chi connectivity index (χ4v) is 4.50. The Labute approximate surface area is 216 Å². The number of fused-ring (bicyclic) bond motifs is 2. The topological polar surface area (TPSA) is 102 Å². The summed E-state index contributed by atoms with van der Waals surface area (Å²) in [5.74, 6) is 1.34. The number of nitrogen functional groups attached to an aromatic ring is 1. The Morgan fingerprint density at radius 2 is 1.88 bits per heavy atom. The van der Waals surface area contributed by atoms with Gasteiger partial charge in [0.25, 0.3) is 0 Å². The standard InChI is InChI=1S/C25H21N6O.Y/c1-14-19(9-7-16-8-10-20(29-21(14)16)15-5-3-2-4-6-15)22-23-24(26)27-13-28-31(23)25(30-22)17-11-18(32)12-17;/h2-7,9-10,13,17-18,32H,11-12H2,1H3,(H2,26,27,28);/q-1;. The molecule has 0 unspecified atom stereocenters. The number of aliphatic hydroxyl groups is 1. The van der Waals surface area contributed by atoms with E-state index in [9.17, 15) is 5.11 Å². The van der Waals surface area contributed by atoms with Gasteiger partial charge < -0.3 is 15.8 Å². The van der Waals surface area contributed by atoms with Crippen molar-refractivity contribution in [2.24, 2.45) is 0 Å². The second-order valence-electron chi connectivity index (χ2n) is 8.33. The second-order valence-corrected chi connectivity index (χ2v) is 8.33. The molecule has 33 heavy (non-hydrogen) atoms. The predicted octanol–water partition coefficient (Wildman–Crippen LogP) is 3.93. The maximum Gasteiger partial charge on any atom is 0.153 e. The summed E-state index contributed by atoms with van der Waals surface area (Å²) in [5.41, 5.74) is 12.4. The quantitative estimate of drug-likeness (QED) is 0.357. The molecule has 0 bridgehead atoms. The normalized spacial score (nSPS) is 17.6. The fourth-order valence-electron chi connectivity index (χ4n) is 4.50. The molecule has 1 radical (unpaired) electrons. The van der Waals surface area contributed by atoms with Gasteiger partial charge in [-0.3, -0.25) is 0 Å². The van der Waals surface area contributed by atoms with Gasteiger partial charge in [-0.2, -0.15) is 5.10 Å². The number of aromatic nitrogens is 5. The first-order chi connectivity index (χ1) is 15.6. The van der Waals surface area contributed by atoms with Crippen LogP contribution in [0.2, 0.25) is 0 Å². The maximum absolute atomic E-state index is 9.81. The van der Waals surface area contributed by atoms with Gasteiger partial charge in [0, 0.05) is 38.6 Å². The van der Waals surface area contributed by atoms with Crippen molar-refractivity contribution in [3.8, 4) is 22.5 Å². The first-order valence-corrected chi connectivity index (χ1v) is 10.6. The zero-order valence-electron chi connectivity index (χ0n) is 18.1. The van der Waals surface area contributed by atoms with Crippen LogP contribution in [0.5, 0.6) is 0 Å². The first kappa shape index (κ1) is 22.1. The van der Waals surface area contributed by atoms with Gasteiger partial charge in [0.05, 0.1) is 6.10 Å². The van der Waals surface area contributed by atoms with Crippen LogP contribution in [0.15, 0.2) is 54.9 Å². The number of aryl methyl sites for hydroxylation is 1. The number of pyridine rings is 1.